The standard InChI is InChI=1S/C12H13ClN2O/c1-7-4-5-16-11(7)12-14-6-10(8(2)13)9(3)15-12/h4-6,8H,1-3H3. The molecule has 0 bridgehead atoms. The van der Waals surface area contributed by atoms with Gasteiger partial charge in [-0.3, -0.25) is 0 Å². The molecule has 2 aromatic rings. The van der Waals surface area contributed by atoms with Gasteiger partial charge in [-0.1, -0.05) is 0 Å². The number of nitrogens with zero attached hydrogens (tertiary/aromatic N) is 2. The maximum absolute atomic E-state index is 6.01. The molecule has 0 aromatic carbocycles. The van der Waals surface area contributed by atoms with E-state index in [2.05, 4.69) is 9.97 Å². The molecular formula is C12H13ClN2O. The summed E-state index contributed by atoms with van der Waals surface area (Å²) in [4.78, 5) is 8.68. The molecule has 2 aromatic heterocycles. The molecule has 1 atom stereocenters. The molecular weight excluding hydrogens is 224 g/mol. The van der Waals surface area contributed by atoms with Crippen LogP contribution in [0.3, 0.4) is 0 Å². The van der Waals surface area contributed by atoms with Crippen LogP contribution >= 0.6 is 11.6 Å². The second-order valence-electron chi connectivity index (χ2n) is 3.78. The van der Waals surface area contributed by atoms with E-state index >= 15 is 0 Å². The van der Waals surface area contributed by atoms with Gasteiger partial charge < -0.3 is 4.42 Å². The zero-order chi connectivity index (χ0) is 11.7. The maximum Gasteiger partial charge on any atom is 0.196 e. The third-order valence-corrected chi connectivity index (χ3v) is 2.75. The van der Waals surface area contributed by atoms with Crippen LogP contribution in [0.1, 0.15) is 29.1 Å². The Balaban J connectivity index is 2.46. The Kier molecular flexibility index (Phi) is 2.97. The van der Waals surface area contributed by atoms with Crippen molar-refractivity contribution in [3.8, 4) is 11.6 Å². The lowest BCUT2D eigenvalue weighted by atomic mass is 10.2. The van der Waals surface area contributed by atoms with Gasteiger partial charge in [0.2, 0.25) is 0 Å². The van der Waals surface area contributed by atoms with E-state index in [0.717, 1.165) is 22.6 Å². The minimum atomic E-state index is -0.0771. The normalized spacial score (nSPS) is 12.8. The van der Waals surface area contributed by atoms with Gasteiger partial charge in [-0.15, -0.1) is 11.6 Å². The minimum Gasteiger partial charge on any atom is -0.461 e. The van der Waals surface area contributed by atoms with Crippen molar-refractivity contribution in [1.82, 2.24) is 9.97 Å². The highest BCUT2D eigenvalue weighted by molar-refractivity contribution is 6.20. The first-order chi connectivity index (χ1) is 7.59. The molecule has 84 valence electrons. The molecule has 0 aliphatic rings. The Bertz CT molecular complexity index is 505. The Morgan fingerprint density at radius 3 is 2.62 bits per heavy atom. The molecule has 0 spiro atoms. The quantitative estimate of drug-likeness (QED) is 0.747. The first-order valence-corrected chi connectivity index (χ1v) is 5.55. The summed E-state index contributed by atoms with van der Waals surface area (Å²) in [6.45, 7) is 5.80. The summed E-state index contributed by atoms with van der Waals surface area (Å²) in [6, 6.07) is 1.89. The largest absolute Gasteiger partial charge is 0.461 e. The molecule has 0 saturated heterocycles. The lowest BCUT2D eigenvalue weighted by molar-refractivity contribution is 0.575. The van der Waals surface area contributed by atoms with Crippen LogP contribution < -0.4 is 0 Å². The summed E-state index contributed by atoms with van der Waals surface area (Å²) in [7, 11) is 0. The Hall–Kier alpha value is -1.35. The summed E-state index contributed by atoms with van der Waals surface area (Å²) in [5, 5.41) is -0.0771. The number of alkyl halides is 1. The predicted octanol–water partition coefficient (Wildman–Crippen LogP) is 3.65. The van der Waals surface area contributed by atoms with Gasteiger partial charge in [-0.25, -0.2) is 9.97 Å². The van der Waals surface area contributed by atoms with Gasteiger partial charge in [-0.05, 0) is 32.4 Å². The zero-order valence-corrected chi connectivity index (χ0v) is 10.2. The topological polar surface area (TPSA) is 38.9 Å². The number of halogens is 1. The van der Waals surface area contributed by atoms with Crippen molar-refractivity contribution >= 4 is 11.6 Å². The molecule has 3 nitrogen and oxygen atoms in total. The molecule has 0 aliphatic heterocycles. The number of aromatic nitrogens is 2. The zero-order valence-electron chi connectivity index (χ0n) is 9.49. The fraction of sp³-hybridized carbons (Fsp3) is 0.333. The van der Waals surface area contributed by atoms with Crippen molar-refractivity contribution in [2.75, 3.05) is 0 Å². The molecule has 4 heteroatoms. The van der Waals surface area contributed by atoms with Crippen molar-refractivity contribution in [1.29, 1.82) is 0 Å². The fourth-order valence-electron chi connectivity index (χ4n) is 1.58. The van der Waals surface area contributed by atoms with Crippen LogP contribution in [0, 0.1) is 13.8 Å². The molecule has 2 rings (SSSR count). The number of hydrogen-bond donors (Lipinski definition) is 0. The first kappa shape index (κ1) is 11.1. The number of furan rings is 1. The van der Waals surface area contributed by atoms with Crippen molar-refractivity contribution in [2.45, 2.75) is 26.1 Å². The molecule has 0 radical (unpaired) electrons. The SMILES string of the molecule is Cc1ccoc1-c1ncc(C(C)Cl)c(C)n1. The number of hydrogen-bond acceptors (Lipinski definition) is 3. The molecule has 0 aliphatic carbocycles. The molecule has 0 saturated carbocycles. The Morgan fingerprint density at radius 2 is 2.12 bits per heavy atom. The molecule has 0 N–H and O–H groups in total. The third kappa shape index (κ3) is 1.95. The highest BCUT2D eigenvalue weighted by Gasteiger charge is 2.12. The van der Waals surface area contributed by atoms with E-state index < -0.39 is 0 Å². The minimum absolute atomic E-state index is 0.0771. The van der Waals surface area contributed by atoms with Crippen LogP contribution in [0.5, 0.6) is 0 Å². The van der Waals surface area contributed by atoms with Gasteiger partial charge in [0.25, 0.3) is 0 Å². The van der Waals surface area contributed by atoms with E-state index in [4.69, 9.17) is 16.0 Å². The van der Waals surface area contributed by atoms with Gasteiger partial charge in [0.05, 0.1) is 11.6 Å². The van der Waals surface area contributed by atoms with Gasteiger partial charge in [0, 0.05) is 17.5 Å². The maximum atomic E-state index is 6.01. The van der Waals surface area contributed by atoms with E-state index in [-0.39, 0.29) is 5.38 Å². The van der Waals surface area contributed by atoms with Crippen LogP contribution in [-0.4, -0.2) is 9.97 Å². The van der Waals surface area contributed by atoms with E-state index in [0.29, 0.717) is 5.82 Å². The molecule has 2 heterocycles. The lowest BCUT2D eigenvalue weighted by Gasteiger charge is -2.07. The van der Waals surface area contributed by atoms with E-state index in [1.165, 1.54) is 0 Å². The van der Waals surface area contributed by atoms with E-state index in [9.17, 15) is 0 Å². The Labute approximate surface area is 99.5 Å². The summed E-state index contributed by atoms with van der Waals surface area (Å²) in [5.41, 5.74) is 2.88. The van der Waals surface area contributed by atoms with Crippen molar-refractivity contribution in [3.05, 3.63) is 35.3 Å². The second-order valence-corrected chi connectivity index (χ2v) is 4.44. The fourth-order valence-corrected chi connectivity index (χ4v) is 1.79. The average Bonchev–Trinajstić information content (AvgIpc) is 2.63. The molecule has 0 fully saturated rings. The smallest absolute Gasteiger partial charge is 0.196 e. The molecule has 1 unspecified atom stereocenters. The van der Waals surface area contributed by atoms with Crippen molar-refractivity contribution in [3.63, 3.8) is 0 Å². The highest BCUT2D eigenvalue weighted by atomic mass is 35.5. The van der Waals surface area contributed by atoms with Crippen LogP contribution in [0.2, 0.25) is 0 Å². The first-order valence-electron chi connectivity index (χ1n) is 5.11. The molecule has 16 heavy (non-hydrogen) atoms. The van der Waals surface area contributed by atoms with Gasteiger partial charge in [-0.2, -0.15) is 0 Å². The predicted molar refractivity (Wildman–Crippen MR) is 63.5 cm³/mol. The number of rotatable bonds is 2. The van der Waals surface area contributed by atoms with Crippen LogP contribution in [0.25, 0.3) is 11.6 Å². The third-order valence-electron chi connectivity index (χ3n) is 2.51. The highest BCUT2D eigenvalue weighted by Crippen LogP contribution is 2.25. The second kappa shape index (κ2) is 4.26. The summed E-state index contributed by atoms with van der Waals surface area (Å²) in [6.07, 6.45) is 3.40. The number of aryl methyl sites for hydroxylation is 2. The summed E-state index contributed by atoms with van der Waals surface area (Å²) >= 11 is 6.01. The van der Waals surface area contributed by atoms with Crippen LogP contribution in [0.4, 0.5) is 0 Å². The average molecular weight is 237 g/mol. The van der Waals surface area contributed by atoms with E-state index in [1.54, 1.807) is 12.5 Å². The van der Waals surface area contributed by atoms with Crippen LogP contribution in [0.15, 0.2) is 22.9 Å². The van der Waals surface area contributed by atoms with Crippen LogP contribution in [-0.2, 0) is 0 Å². The van der Waals surface area contributed by atoms with E-state index in [1.807, 2.05) is 26.8 Å². The van der Waals surface area contributed by atoms with Gasteiger partial charge >= 0.3 is 0 Å². The summed E-state index contributed by atoms with van der Waals surface area (Å²) in [5.74, 6) is 1.33. The van der Waals surface area contributed by atoms with Gasteiger partial charge in [0.1, 0.15) is 0 Å². The van der Waals surface area contributed by atoms with Gasteiger partial charge in [0.15, 0.2) is 11.6 Å². The van der Waals surface area contributed by atoms with Crippen molar-refractivity contribution < 1.29 is 4.42 Å². The summed E-state index contributed by atoms with van der Waals surface area (Å²) < 4.78 is 5.35. The monoisotopic (exact) mass is 236 g/mol. The van der Waals surface area contributed by atoms with Crippen molar-refractivity contribution in [2.24, 2.45) is 0 Å². The lowest BCUT2D eigenvalue weighted by Crippen LogP contribution is -1.98. The molecule has 0 amide bonds. The Morgan fingerprint density at radius 1 is 1.38 bits per heavy atom.